The number of fused-ring (bicyclic) bond motifs is 3. The maximum Gasteiger partial charge on any atom is 0.257 e. The summed E-state index contributed by atoms with van der Waals surface area (Å²) >= 11 is 6.02. The van der Waals surface area contributed by atoms with Gasteiger partial charge in [0.1, 0.15) is 11.5 Å². The van der Waals surface area contributed by atoms with Gasteiger partial charge in [-0.15, -0.1) is 0 Å². The molecular formula is C25H21ClFN3O. The molecule has 0 N–H and O–H groups in total. The third kappa shape index (κ3) is 3.99. The second-order valence-corrected chi connectivity index (χ2v) is 8.38. The van der Waals surface area contributed by atoms with Gasteiger partial charge in [0.2, 0.25) is 0 Å². The molecule has 0 radical (unpaired) electrons. The van der Waals surface area contributed by atoms with Crippen molar-refractivity contribution >= 4 is 22.6 Å². The van der Waals surface area contributed by atoms with Gasteiger partial charge in [0.25, 0.3) is 5.56 Å². The SMILES string of the molecule is O=c1c2c(c3cccnc3n1Cc1ccc(Cl)cc1)CCN(Cc1cccc(F)c1)C2. The van der Waals surface area contributed by atoms with Crippen molar-refractivity contribution in [3.63, 3.8) is 0 Å². The second-order valence-electron chi connectivity index (χ2n) is 7.94. The lowest BCUT2D eigenvalue weighted by Crippen LogP contribution is -2.37. The maximum atomic E-state index is 13.6. The summed E-state index contributed by atoms with van der Waals surface area (Å²) in [5.74, 6) is -0.239. The normalized spacial score (nSPS) is 14.0. The molecule has 31 heavy (non-hydrogen) atoms. The Labute approximate surface area is 184 Å². The first-order valence-electron chi connectivity index (χ1n) is 10.3. The molecule has 0 saturated heterocycles. The lowest BCUT2D eigenvalue weighted by molar-refractivity contribution is 0.244. The fourth-order valence-corrected chi connectivity index (χ4v) is 4.49. The first-order chi connectivity index (χ1) is 15.1. The summed E-state index contributed by atoms with van der Waals surface area (Å²) in [4.78, 5) is 20.3. The van der Waals surface area contributed by atoms with Crippen LogP contribution in [-0.4, -0.2) is 21.0 Å². The highest BCUT2D eigenvalue weighted by atomic mass is 35.5. The number of benzene rings is 2. The molecule has 0 bridgehead atoms. The number of nitrogens with zero attached hydrogens (tertiary/aromatic N) is 3. The third-order valence-corrected chi connectivity index (χ3v) is 6.10. The molecule has 0 saturated carbocycles. The first-order valence-corrected chi connectivity index (χ1v) is 10.7. The molecule has 4 aromatic rings. The standard InChI is InChI=1S/C25H21ClFN3O/c26-19-8-6-17(7-9-19)15-30-24-22(5-2-11-28-24)21-10-12-29(16-23(21)25(30)31)14-18-3-1-4-20(27)13-18/h1-9,11,13H,10,12,14-16H2. The average Bonchev–Trinajstić information content (AvgIpc) is 2.78. The van der Waals surface area contributed by atoms with Gasteiger partial charge in [0.15, 0.2) is 0 Å². The summed E-state index contributed by atoms with van der Waals surface area (Å²) in [6, 6.07) is 18.1. The van der Waals surface area contributed by atoms with Crippen LogP contribution in [0.1, 0.15) is 22.3 Å². The van der Waals surface area contributed by atoms with Crippen molar-refractivity contribution in [3.05, 3.63) is 110 Å². The monoisotopic (exact) mass is 433 g/mol. The van der Waals surface area contributed by atoms with E-state index in [9.17, 15) is 9.18 Å². The van der Waals surface area contributed by atoms with Crippen LogP contribution in [0.3, 0.4) is 0 Å². The van der Waals surface area contributed by atoms with Gasteiger partial charge in [-0.2, -0.15) is 0 Å². The quantitative estimate of drug-likeness (QED) is 0.464. The second kappa shape index (κ2) is 8.25. The lowest BCUT2D eigenvalue weighted by Gasteiger charge is -2.30. The van der Waals surface area contributed by atoms with Crippen LogP contribution < -0.4 is 5.56 Å². The smallest absolute Gasteiger partial charge is 0.257 e. The van der Waals surface area contributed by atoms with E-state index in [-0.39, 0.29) is 11.4 Å². The van der Waals surface area contributed by atoms with Crippen molar-refractivity contribution in [2.45, 2.75) is 26.1 Å². The van der Waals surface area contributed by atoms with Crippen molar-refractivity contribution in [2.24, 2.45) is 0 Å². The molecule has 0 spiro atoms. The van der Waals surface area contributed by atoms with Crippen molar-refractivity contribution in [1.82, 2.24) is 14.5 Å². The predicted octanol–water partition coefficient (Wildman–Crippen LogP) is 4.80. The van der Waals surface area contributed by atoms with Gasteiger partial charge in [-0.3, -0.25) is 14.3 Å². The van der Waals surface area contributed by atoms with Crippen molar-refractivity contribution in [3.8, 4) is 0 Å². The van der Waals surface area contributed by atoms with Gasteiger partial charge in [-0.05, 0) is 59.5 Å². The summed E-state index contributed by atoms with van der Waals surface area (Å²) in [5, 5.41) is 1.69. The molecule has 0 fully saturated rings. The molecule has 1 aliphatic heterocycles. The molecule has 0 aliphatic carbocycles. The number of hydrogen-bond acceptors (Lipinski definition) is 3. The zero-order valence-corrected chi connectivity index (χ0v) is 17.6. The van der Waals surface area contributed by atoms with Gasteiger partial charge >= 0.3 is 0 Å². The van der Waals surface area contributed by atoms with E-state index < -0.39 is 0 Å². The Hall–Kier alpha value is -3.02. The molecule has 3 heterocycles. The van der Waals surface area contributed by atoms with Crippen molar-refractivity contribution in [2.75, 3.05) is 6.54 Å². The van der Waals surface area contributed by atoms with Crippen molar-refractivity contribution in [1.29, 1.82) is 0 Å². The molecule has 6 heteroatoms. The summed E-state index contributed by atoms with van der Waals surface area (Å²) in [7, 11) is 0. The molecule has 2 aromatic heterocycles. The zero-order chi connectivity index (χ0) is 21.4. The minimum Gasteiger partial charge on any atom is -0.294 e. The Balaban J connectivity index is 1.54. The van der Waals surface area contributed by atoms with E-state index in [4.69, 9.17) is 11.6 Å². The van der Waals surface area contributed by atoms with E-state index in [1.54, 1.807) is 22.9 Å². The van der Waals surface area contributed by atoms with Crippen LogP contribution in [0.5, 0.6) is 0 Å². The molecule has 4 nitrogen and oxygen atoms in total. The summed E-state index contributed by atoms with van der Waals surface area (Å²) in [6.45, 7) is 2.39. The highest BCUT2D eigenvalue weighted by Crippen LogP contribution is 2.25. The topological polar surface area (TPSA) is 38.1 Å². The van der Waals surface area contributed by atoms with Crippen LogP contribution in [0, 0.1) is 5.82 Å². The average molecular weight is 434 g/mol. The van der Waals surface area contributed by atoms with E-state index in [0.717, 1.165) is 40.6 Å². The number of halogens is 2. The largest absolute Gasteiger partial charge is 0.294 e. The zero-order valence-electron chi connectivity index (χ0n) is 16.9. The first kappa shape index (κ1) is 19.9. The molecule has 0 unspecified atom stereocenters. The van der Waals surface area contributed by atoms with E-state index in [2.05, 4.69) is 9.88 Å². The van der Waals surface area contributed by atoms with Crippen LogP contribution in [0.15, 0.2) is 71.7 Å². The Morgan fingerprint density at radius 2 is 1.81 bits per heavy atom. The lowest BCUT2D eigenvalue weighted by atomic mass is 9.97. The fraction of sp³-hybridized carbons (Fsp3) is 0.200. The molecule has 2 aromatic carbocycles. The van der Waals surface area contributed by atoms with Crippen LogP contribution in [-0.2, 0) is 26.1 Å². The van der Waals surface area contributed by atoms with E-state index in [1.165, 1.54) is 6.07 Å². The summed E-state index contributed by atoms with van der Waals surface area (Å²) in [6.07, 6.45) is 2.50. The van der Waals surface area contributed by atoms with Gasteiger partial charge in [0, 0.05) is 41.8 Å². The third-order valence-electron chi connectivity index (χ3n) is 5.84. The molecule has 0 atom stereocenters. The minimum atomic E-state index is -0.239. The Morgan fingerprint density at radius 1 is 0.968 bits per heavy atom. The van der Waals surface area contributed by atoms with E-state index >= 15 is 0 Å². The number of hydrogen-bond donors (Lipinski definition) is 0. The van der Waals surface area contributed by atoms with E-state index in [1.807, 2.05) is 42.5 Å². The predicted molar refractivity (Wildman–Crippen MR) is 121 cm³/mol. The van der Waals surface area contributed by atoms with Crippen LogP contribution in [0.2, 0.25) is 5.02 Å². The molecule has 5 rings (SSSR count). The van der Waals surface area contributed by atoms with Crippen LogP contribution >= 0.6 is 11.6 Å². The van der Waals surface area contributed by atoms with Crippen molar-refractivity contribution < 1.29 is 4.39 Å². The Morgan fingerprint density at radius 3 is 2.61 bits per heavy atom. The van der Waals surface area contributed by atoms with Crippen LogP contribution in [0.25, 0.3) is 11.0 Å². The minimum absolute atomic E-state index is 0.0138. The molecular weight excluding hydrogens is 413 g/mol. The molecule has 0 amide bonds. The van der Waals surface area contributed by atoms with E-state index in [0.29, 0.717) is 30.3 Å². The number of rotatable bonds is 4. The Kier molecular flexibility index (Phi) is 5.30. The molecule has 156 valence electrons. The highest BCUT2D eigenvalue weighted by Gasteiger charge is 2.24. The van der Waals surface area contributed by atoms with Gasteiger partial charge in [0.05, 0.1) is 6.54 Å². The number of aromatic nitrogens is 2. The molecule has 1 aliphatic rings. The summed E-state index contributed by atoms with van der Waals surface area (Å²) in [5.41, 5.74) is 4.48. The fourth-order valence-electron chi connectivity index (χ4n) is 4.37. The number of pyridine rings is 2. The Bertz CT molecular complexity index is 1320. The summed E-state index contributed by atoms with van der Waals surface area (Å²) < 4.78 is 15.3. The van der Waals surface area contributed by atoms with Gasteiger partial charge < -0.3 is 0 Å². The highest BCUT2D eigenvalue weighted by molar-refractivity contribution is 6.30. The van der Waals surface area contributed by atoms with Crippen LogP contribution in [0.4, 0.5) is 4.39 Å². The van der Waals surface area contributed by atoms with Gasteiger partial charge in [-0.25, -0.2) is 9.37 Å². The maximum absolute atomic E-state index is 13.6. The van der Waals surface area contributed by atoms with Gasteiger partial charge in [-0.1, -0.05) is 35.9 Å².